The van der Waals surface area contributed by atoms with E-state index in [2.05, 4.69) is 67.6 Å². The van der Waals surface area contributed by atoms with Gasteiger partial charge in [0.1, 0.15) is 0 Å². The van der Waals surface area contributed by atoms with Gasteiger partial charge in [0.05, 0.1) is 4.92 Å². The molecule has 0 saturated heterocycles. The average Bonchev–Trinajstić information content (AvgIpc) is 2.87. The van der Waals surface area contributed by atoms with Gasteiger partial charge < -0.3 is 0 Å². The summed E-state index contributed by atoms with van der Waals surface area (Å²) in [5, 5.41) is 10.9. The van der Waals surface area contributed by atoms with Gasteiger partial charge in [-0.15, -0.1) is 0 Å². The van der Waals surface area contributed by atoms with Crippen LogP contribution in [0.2, 0.25) is 0 Å². The summed E-state index contributed by atoms with van der Waals surface area (Å²) in [5.74, 6) is 1.12. The molecule has 1 fully saturated rings. The highest BCUT2D eigenvalue weighted by molar-refractivity contribution is 5.66. The van der Waals surface area contributed by atoms with Gasteiger partial charge in [-0.3, -0.25) is 10.1 Å². The maximum absolute atomic E-state index is 10.9. The fourth-order valence-electron chi connectivity index (χ4n) is 4.79. The zero-order valence-corrected chi connectivity index (χ0v) is 19.5. The molecule has 0 amide bonds. The number of aryl methyl sites for hydroxylation is 1. The van der Waals surface area contributed by atoms with Crippen molar-refractivity contribution in [2.45, 2.75) is 57.8 Å². The maximum atomic E-state index is 10.9. The van der Waals surface area contributed by atoms with Crippen LogP contribution in [0, 0.1) is 16.0 Å². The van der Waals surface area contributed by atoms with Gasteiger partial charge >= 0.3 is 0 Å². The number of rotatable bonds is 8. The molecule has 0 unspecified atom stereocenters. The fraction of sp³-hybridized carbons (Fsp3) is 0.333. The Bertz CT molecular complexity index is 1060. The number of nitro groups is 1. The lowest BCUT2D eigenvalue weighted by Gasteiger charge is -2.27. The molecule has 0 spiro atoms. The van der Waals surface area contributed by atoms with Crippen LogP contribution in [-0.2, 0) is 6.42 Å². The van der Waals surface area contributed by atoms with E-state index in [4.69, 9.17) is 0 Å². The molecule has 0 aromatic heterocycles. The van der Waals surface area contributed by atoms with Crippen LogP contribution >= 0.6 is 0 Å². The van der Waals surface area contributed by atoms with E-state index in [0.29, 0.717) is 11.8 Å². The van der Waals surface area contributed by atoms with Crippen LogP contribution < -0.4 is 0 Å². The highest BCUT2D eigenvalue weighted by atomic mass is 16.6. The molecule has 1 aliphatic rings. The molecule has 3 aromatic rings. The summed E-state index contributed by atoms with van der Waals surface area (Å²) in [6.07, 6.45) is 12.9. The summed E-state index contributed by atoms with van der Waals surface area (Å²) < 4.78 is 0. The van der Waals surface area contributed by atoms with E-state index in [0.717, 1.165) is 19.3 Å². The van der Waals surface area contributed by atoms with Gasteiger partial charge in [-0.1, -0.05) is 86.2 Å². The Morgan fingerprint density at radius 1 is 0.848 bits per heavy atom. The first-order chi connectivity index (χ1) is 16.1. The van der Waals surface area contributed by atoms with Crippen LogP contribution in [0.3, 0.4) is 0 Å². The molecule has 0 heterocycles. The first kappa shape index (κ1) is 23.0. The van der Waals surface area contributed by atoms with Crippen LogP contribution in [-0.4, -0.2) is 4.92 Å². The van der Waals surface area contributed by atoms with Gasteiger partial charge in [0, 0.05) is 12.1 Å². The number of non-ortho nitro benzene ring substituents is 1. The largest absolute Gasteiger partial charge is 0.269 e. The normalized spacial score (nSPS) is 18.5. The maximum Gasteiger partial charge on any atom is 0.269 e. The first-order valence-corrected chi connectivity index (χ1v) is 12.2. The van der Waals surface area contributed by atoms with Crippen LogP contribution in [0.4, 0.5) is 5.69 Å². The summed E-state index contributed by atoms with van der Waals surface area (Å²) in [6, 6.07) is 24.9. The van der Waals surface area contributed by atoms with Crippen molar-refractivity contribution < 1.29 is 4.92 Å². The third-order valence-corrected chi connectivity index (χ3v) is 6.92. The Hall–Kier alpha value is -3.20. The topological polar surface area (TPSA) is 43.1 Å². The Balaban J connectivity index is 1.29. The molecule has 1 saturated carbocycles. The predicted molar refractivity (Wildman–Crippen MR) is 137 cm³/mol. The Kier molecular flexibility index (Phi) is 7.72. The Morgan fingerprint density at radius 3 is 2.03 bits per heavy atom. The summed E-state index contributed by atoms with van der Waals surface area (Å²) in [4.78, 5) is 10.5. The summed E-state index contributed by atoms with van der Waals surface area (Å²) in [5.41, 5.74) is 6.61. The van der Waals surface area contributed by atoms with E-state index in [-0.39, 0.29) is 10.6 Å². The third-order valence-electron chi connectivity index (χ3n) is 6.92. The fourth-order valence-corrected chi connectivity index (χ4v) is 4.79. The molecule has 170 valence electrons. The molecular weight excluding hydrogens is 406 g/mol. The second-order valence-corrected chi connectivity index (χ2v) is 9.24. The van der Waals surface area contributed by atoms with Crippen molar-refractivity contribution >= 4 is 11.8 Å². The third kappa shape index (κ3) is 6.19. The molecule has 0 bridgehead atoms. The van der Waals surface area contributed by atoms with Crippen LogP contribution in [0.15, 0.2) is 78.9 Å². The lowest BCUT2D eigenvalue weighted by atomic mass is 9.78. The average molecular weight is 440 g/mol. The molecule has 0 radical (unpaired) electrons. The minimum atomic E-state index is -0.331. The Labute approximate surface area is 197 Å². The molecule has 3 heteroatoms. The predicted octanol–water partition coefficient (Wildman–Crippen LogP) is 8.59. The van der Waals surface area contributed by atoms with E-state index in [1.165, 1.54) is 53.5 Å². The van der Waals surface area contributed by atoms with Crippen LogP contribution in [0.5, 0.6) is 0 Å². The van der Waals surface area contributed by atoms with Gasteiger partial charge in [-0.05, 0) is 78.2 Å². The van der Waals surface area contributed by atoms with Crippen molar-refractivity contribution in [1.82, 2.24) is 0 Å². The van der Waals surface area contributed by atoms with Crippen molar-refractivity contribution in [1.29, 1.82) is 0 Å². The number of nitro benzene ring substituents is 1. The number of benzene rings is 3. The number of unbranched alkanes of at least 4 members (excludes halogenated alkanes) is 1. The zero-order valence-electron chi connectivity index (χ0n) is 19.5. The molecule has 1 aliphatic carbocycles. The quantitative estimate of drug-likeness (QED) is 0.260. The summed E-state index contributed by atoms with van der Waals surface area (Å²) >= 11 is 0. The molecule has 3 aromatic carbocycles. The number of nitrogens with zero attached hydrogens (tertiary/aromatic N) is 1. The van der Waals surface area contributed by atoms with E-state index in [1.54, 1.807) is 12.1 Å². The smallest absolute Gasteiger partial charge is 0.258 e. The second-order valence-electron chi connectivity index (χ2n) is 9.24. The molecule has 3 nitrogen and oxygen atoms in total. The molecular formula is C30H33NO2. The highest BCUT2D eigenvalue weighted by Crippen LogP contribution is 2.37. The Morgan fingerprint density at radius 2 is 1.45 bits per heavy atom. The van der Waals surface area contributed by atoms with E-state index in [1.807, 2.05) is 12.1 Å². The van der Waals surface area contributed by atoms with Crippen LogP contribution in [0.1, 0.15) is 68.1 Å². The van der Waals surface area contributed by atoms with Crippen molar-refractivity contribution in [3.8, 4) is 11.1 Å². The number of allylic oxidation sites excluding steroid dienone is 1. The first-order valence-electron chi connectivity index (χ1n) is 12.2. The monoisotopic (exact) mass is 439 g/mol. The van der Waals surface area contributed by atoms with Crippen molar-refractivity contribution in [3.63, 3.8) is 0 Å². The van der Waals surface area contributed by atoms with Gasteiger partial charge in [0.2, 0.25) is 0 Å². The van der Waals surface area contributed by atoms with Gasteiger partial charge in [-0.25, -0.2) is 0 Å². The van der Waals surface area contributed by atoms with E-state index < -0.39 is 0 Å². The van der Waals surface area contributed by atoms with Gasteiger partial charge in [-0.2, -0.15) is 0 Å². The lowest BCUT2D eigenvalue weighted by molar-refractivity contribution is -0.384. The van der Waals surface area contributed by atoms with Gasteiger partial charge in [0.15, 0.2) is 0 Å². The SMILES string of the molecule is CCCCc1ccc(-c2ccc(C=CC3CCC(c4ccc([N+](=O)[O-])cc4)CC3)cc2)cc1. The van der Waals surface area contributed by atoms with Crippen molar-refractivity contribution in [2.24, 2.45) is 5.92 Å². The van der Waals surface area contributed by atoms with Crippen molar-refractivity contribution in [2.75, 3.05) is 0 Å². The lowest BCUT2D eigenvalue weighted by Crippen LogP contribution is -2.11. The van der Waals surface area contributed by atoms with Crippen molar-refractivity contribution in [3.05, 3.63) is 106 Å². The van der Waals surface area contributed by atoms with Crippen LogP contribution in [0.25, 0.3) is 17.2 Å². The molecule has 4 rings (SSSR count). The van der Waals surface area contributed by atoms with E-state index >= 15 is 0 Å². The highest BCUT2D eigenvalue weighted by Gasteiger charge is 2.21. The summed E-state index contributed by atoms with van der Waals surface area (Å²) in [7, 11) is 0. The number of hydrogen-bond donors (Lipinski definition) is 0. The second kappa shape index (κ2) is 11.1. The molecule has 33 heavy (non-hydrogen) atoms. The zero-order chi connectivity index (χ0) is 23.0. The minimum Gasteiger partial charge on any atom is -0.258 e. The minimum absolute atomic E-state index is 0.172. The molecule has 0 aliphatic heterocycles. The standard InChI is InChI=1S/C30H33NO2/c1-2-3-4-23-7-13-26(14-8-23)27-15-9-24(10-16-27)5-6-25-11-17-28(18-12-25)29-19-21-30(22-20-29)31(32)33/h5-10,13-16,19-22,25,28H,2-4,11-12,17-18H2,1H3. The molecule has 0 atom stereocenters. The summed E-state index contributed by atoms with van der Waals surface area (Å²) in [6.45, 7) is 2.23. The van der Waals surface area contributed by atoms with Gasteiger partial charge in [0.25, 0.3) is 5.69 Å². The van der Waals surface area contributed by atoms with E-state index in [9.17, 15) is 10.1 Å². The number of hydrogen-bond acceptors (Lipinski definition) is 2. The molecule has 0 N–H and O–H groups in total.